The molecule has 1 aliphatic heterocycles. The Hall–Kier alpha value is -3.03. The standard InChI is InChI=1S/C22H24N4O3/c1-24-14-18(15-28)20-19(6-7-23-21(20)24)16-2-4-17(5-3-16)22(29)26-10-8-25(9-11-26)12-13-27/h2-7,14-15,27H,8-13H2,1H3. The maximum atomic E-state index is 12.8. The van der Waals surface area contributed by atoms with E-state index in [0.717, 1.165) is 41.5 Å². The number of hydrogen-bond acceptors (Lipinski definition) is 5. The molecule has 1 fully saturated rings. The molecule has 1 N–H and O–H groups in total. The average Bonchev–Trinajstić information content (AvgIpc) is 3.10. The number of carbonyl (C=O) groups is 2. The topological polar surface area (TPSA) is 78.7 Å². The summed E-state index contributed by atoms with van der Waals surface area (Å²) in [5, 5.41) is 9.87. The summed E-state index contributed by atoms with van der Waals surface area (Å²) in [6.45, 7) is 3.69. The van der Waals surface area contributed by atoms with Crippen LogP contribution in [0.15, 0.2) is 42.7 Å². The molecule has 150 valence electrons. The number of amides is 1. The number of aromatic nitrogens is 2. The highest BCUT2D eigenvalue weighted by Crippen LogP contribution is 2.30. The van der Waals surface area contributed by atoms with Crippen LogP contribution in [0.4, 0.5) is 0 Å². The largest absolute Gasteiger partial charge is 0.395 e. The third kappa shape index (κ3) is 3.66. The van der Waals surface area contributed by atoms with Crippen LogP contribution < -0.4 is 0 Å². The Kier molecular flexibility index (Phi) is 5.42. The van der Waals surface area contributed by atoms with Crippen LogP contribution >= 0.6 is 0 Å². The van der Waals surface area contributed by atoms with Crippen LogP contribution in [0.3, 0.4) is 0 Å². The van der Waals surface area contributed by atoms with Crippen molar-refractivity contribution in [1.29, 1.82) is 0 Å². The molecule has 0 unspecified atom stereocenters. The van der Waals surface area contributed by atoms with E-state index in [0.29, 0.717) is 30.8 Å². The Morgan fingerprint density at radius 3 is 2.52 bits per heavy atom. The molecule has 4 rings (SSSR count). The van der Waals surface area contributed by atoms with Gasteiger partial charge >= 0.3 is 0 Å². The van der Waals surface area contributed by atoms with Crippen molar-refractivity contribution < 1.29 is 14.7 Å². The molecule has 29 heavy (non-hydrogen) atoms. The van der Waals surface area contributed by atoms with Crippen LogP contribution in [-0.4, -0.2) is 76.0 Å². The summed E-state index contributed by atoms with van der Waals surface area (Å²) in [6.07, 6.45) is 4.36. The molecule has 0 atom stereocenters. The SMILES string of the molecule is Cn1cc(C=O)c2c(-c3ccc(C(=O)N4CCN(CCO)CC4)cc3)ccnc21. The number of carbonyl (C=O) groups excluding carboxylic acids is 2. The minimum absolute atomic E-state index is 0.0216. The number of piperazine rings is 1. The van der Waals surface area contributed by atoms with Gasteiger partial charge in [-0.2, -0.15) is 0 Å². The molecule has 0 aliphatic carbocycles. The van der Waals surface area contributed by atoms with Crippen molar-refractivity contribution in [3.05, 3.63) is 53.9 Å². The van der Waals surface area contributed by atoms with Crippen molar-refractivity contribution in [2.75, 3.05) is 39.3 Å². The lowest BCUT2D eigenvalue weighted by molar-refractivity contribution is 0.0615. The molecule has 0 saturated carbocycles. The highest BCUT2D eigenvalue weighted by Gasteiger charge is 2.22. The minimum atomic E-state index is 0.0216. The Morgan fingerprint density at radius 1 is 1.14 bits per heavy atom. The third-order valence-electron chi connectivity index (χ3n) is 5.53. The average molecular weight is 392 g/mol. The number of hydrogen-bond donors (Lipinski definition) is 1. The highest BCUT2D eigenvalue weighted by atomic mass is 16.3. The van der Waals surface area contributed by atoms with E-state index in [-0.39, 0.29) is 12.5 Å². The molecular weight excluding hydrogens is 368 g/mol. The first kappa shape index (κ1) is 19.3. The summed E-state index contributed by atoms with van der Waals surface area (Å²) < 4.78 is 1.84. The van der Waals surface area contributed by atoms with Crippen molar-refractivity contribution in [1.82, 2.24) is 19.4 Å². The predicted octanol–water partition coefficient (Wildman–Crippen LogP) is 1.80. The molecule has 0 bridgehead atoms. The maximum absolute atomic E-state index is 12.8. The van der Waals surface area contributed by atoms with Crippen molar-refractivity contribution in [2.45, 2.75) is 0 Å². The van der Waals surface area contributed by atoms with Crippen molar-refractivity contribution in [2.24, 2.45) is 7.05 Å². The second kappa shape index (κ2) is 8.14. The van der Waals surface area contributed by atoms with Gasteiger partial charge in [0.05, 0.1) is 6.61 Å². The number of rotatable bonds is 5. The summed E-state index contributed by atoms with van der Waals surface area (Å²) in [4.78, 5) is 32.7. The molecule has 7 heteroatoms. The van der Waals surface area contributed by atoms with E-state index in [9.17, 15) is 9.59 Å². The summed E-state index contributed by atoms with van der Waals surface area (Å²) >= 11 is 0. The lowest BCUT2D eigenvalue weighted by Crippen LogP contribution is -2.49. The summed E-state index contributed by atoms with van der Waals surface area (Å²) in [5.41, 5.74) is 3.88. The van der Waals surface area contributed by atoms with Gasteiger partial charge in [0.2, 0.25) is 0 Å². The molecule has 0 radical (unpaired) electrons. The fourth-order valence-corrected chi connectivity index (χ4v) is 3.96. The first-order chi connectivity index (χ1) is 14.1. The van der Waals surface area contributed by atoms with Crippen LogP contribution in [0, 0.1) is 0 Å². The highest BCUT2D eigenvalue weighted by molar-refractivity contribution is 6.05. The zero-order chi connectivity index (χ0) is 20.4. The molecule has 3 heterocycles. The van der Waals surface area contributed by atoms with Gasteiger partial charge in [0.1, 0.15) is 5.65 Å². The second-order valence-electron chi connectivity index (χ2n) is 7.31. The van der Waals surface area contributed by atoms with Crippen molar-refractivity contribution in [3.8, 4) is 11.1 Å². The van der Waals surface area contributed by atoms with E-state index in [1.54, 1.807) is 12.4 Å². The number of aliphatic hydroxyl groups is 1. The zero-order valence-corrected chi connectivity index (χ0v) is 16.4. The summed E-state index contributed by atoms with van der Waals surface area (Å²) in [7, 11) is 1.87. The number of aliphatic hydroxyl groups excluding tert-OH is 1. The van der Waals surface area contributed by atoms with Crippen LogP contribution in [0.2, 0.25) is 0 Å². The van der Waals surface area contributed by atoms with Gasteiger partial charge in [0, 0.05) is 68.7 Å². The fraction of sp³-hybridized carbons (Fsp3) is 0.318. The summed E-state index contributed by atoms with van der Waals surface area (Å²) in [6, 6.07) is 9.42. The number of aldehydes is 1. The van der Waals surface area contributed by atoms with E-state index < -0.39 is 0 Å². The van der Waals surface area contributed by atoms with Crippen LogP contribution in [0.25, 0.3) is 22.2 Å². The van der Waals surface area contributed by atoms with Crippen molar-refractivity contribution in [3.63, 3.8) is 0 Å². The molecule has 2 aromatic heterocycles. The Bertz CT molecular complexity index is 1030. The minimum Gasteiger partial charge on any atom is -0.395 e. The number of nitrogens with zero attached hydrogens (tertiary/aromatic N) is 4. The molecule has 1 saturated heterocycles. The van der Waals surface area contributed by atoms with Crippen LogP contribution in [0.5, 0.6) is 0 Å². The molecule has 3 aromatic rings. The number of β-amino-alcohol motifs (C(OH)–C–C–N with tert-alkyl or cyclic N) is 1. The van der Waals surface area contributed by atoms with Gasteiger partial charge in [0.25, 0.3) is 5.91 Å². The second-order valence-corrected chi connectivity index (χ2v) is 7.31. The summed E-state index contributed by atoms with van der Waals surface area (Å²) in [5.74, 6) is 0.0216. The number of benzene rings is 1. The Morgan fingerprint density at radius 2 is 1.86 bits per heavy atom. The van der Waals surface area contributed by atoms with Gasteiger partial charge in [-0.15, -0.1) is 0 Å². The fourth-order valence-electron chi connectivity index (χ4n) is 3.96. The Balaban J connectivity index is 1.57. The van der Waals surface area contributed by atoms with E-state index >= 15 is 0 Å². The number of fused-ring (bicyclic) bond motifs is 1. The van der Waals surface area contributed by atoms with E-state index in [2.05, 4.69) is 9.88 Å². The molecule has 7 nitrogen and oxygen atoms in total. The van der Waals surface area contributed by atoms with Crippen LogP contribution in [-0.2, 0) is 7.05 Å². The number of aryl methyl sites for hydroxylation is 1. The van der Waals surface area contributed by atoms with Gasteiger partial charge in [0.15, 0.2) is 6.29 Å². The first-order valence-electron chi connectivity index (χ1n) is 9.74. The van der Waals surface area contributed by atoms with Crippen LogP contribution in [0.1, 0.15) is 20.7 Å². The molecule has 1 aromatic carbocycles. The zero-order valence-electron chi connectivity index (χ0n) is 16.4. The lowest BCUT2D eigenvalue weighted by atomic mass is 10.00. The smallest absolute Gasteiger partial charge is 0.253 e. The molecule has 1 amide bonds. The van der Waals surface area contributed by atoms with Crippen molar-refractivity contribution >= 4 is 23.2 Å². The third-order valence-corrected chi connectivity index (χ3v) is 5.53. The van der Waals surface area contributed by atoms with Gasteiger partial charge in [-0.3, -0.25) is 14.5 Å². The molecular formula is C22H24N4O3. The van der Waals surface area contributed by atoms with Gasteiger partial charge in [-0.25, -0.2) is 4.98 Å². The monoisotopic (exact) mass is 392 g/mol. The van der Waals surface area contributed by atoms with Gasteiger partial charge < -0.3 is 14.6 Å². The van der Waals surface area contributed by atoms with E-state index in [1.165, 1.54) is 0 Å². The lowest BCUT2D eigenvalue weighted by Gasteiger charge is -2.34. The molecule has 0 spiro atoms. The van der Waals surface area contributed by atoms with E-state index in [4.69, 9.17) is 5.11 Å². The predicted molar refractivity (Wildman–Crippen MR) is 111 cm³/mol. The molecule has 1 aliphatic rings. The first-order valence-corrected chi connectivity index (χ1v) is 9.74. The van der Waals surface area contributed by atoms with Gasteiger partial charge in [-0.05, 0) is 29.3 Å². The number of pyridine rings is 1. The maximum Gasteiger partial charge on any atom is 0.253 e. The van der Waals surface area contributed by atoms with Gasteiger partial charge in [-0.1, -0.05) is 12.1 Å². The van der Waals surface area contributed by atoms with E-state index in [1.807, 2.05) is 46.8 Å². The quantitative estimate of drug-likeness (QED) is 0.670. The normalized spacial score (nSPS) is 15.0. The Labute approximate surface area is 169 Å².